The number of hydrogen-bond donors (Lipinski definition) is 1. The Labute approximate surface area is 122 Å². The lowest BCUT2D eigenvalue weighted by Crippen LogP contribution is -2.06. The van der Waals surface area contributed by atoms with Crippen molar-refractivity contribution in [2.45, 2.75) is 19.1 Å². The van der Waals surface area contributed by atoms with Crippen molar-refractivity contribution in [3.63, 3.8) is 0 Å². The van der Waals surface area contributed by atoms with Gasteiger partial charge in [-0.2, -0.15) is 16.9 Å². The zero-order valence-corrected chi connectivity index (χ0v) is 12.6. The van der Waals surface area contributed by atoms with E-state index in [-0.39, 0.29) is 0 Å². The third-order valence-electron chi connectivity index (χ3n) is 3.41. The molecule has 1 aromatic carbocycles. The van der Waals surface area contributed by atoms with E-state index in [1.54, 1.807) is 11.8 Å². The average Bonchev–Trinajstić information content (AvgIpc) is 2.97. The highest BCUT2D eigenvalue weighted by Crippen LogP contribution is 2.32. The number of halogens is 1. The molecule has 5 heteroatoms. The van der Waals surface area contributed by atoms with E-state index in [0.717, 1.165) is 35.2 Å². The molecule has 0 bridgehead atoms. The summed E-state index contributed by atoms with van der Waals surface area (Å²) < 4.78 is 2.01. The minimum Gasteiger partial charge on any atom is -0.369 e. The van der Waals surface area contributed by atoms with Gasteiger partial charge in [-0.3, -0.25) is 0 Å². The quantitative estimate of drug-likeness (QED) is 0.936. The second-order valence-electron chi connectivity index (χ2n) is 4.73. The number of rotatable bonds is 3. The molecule has 0 unspecified atom stereocenters. The van der Waals surface area contributed by atoms with Crippen LogP contribution >= 0.6 is 23.4 Å². The number of fused-ring (bicyclic) bond motifs is 1. The normalized spacial score (nSPS) is 13.4. The van der Waals surface area contributed by atoms with Crippen LogP contribution in [0.25, 0.3) is 5.69 Å². The molecule has 0 atom stereocenters. The molecule has 0 spiro atoms. The third-order valence-corrected chi connectivity index (χ3v) is 4.21. The highest BCUT2D eigenvalue weighted by atomic mass is 35.5. The Kier molecular flexibility index (Phi) is 3.46. The number of thioether (sulfide) groups is 1. The van der Waals surface area contributed by atoms with Gasteiger partial charge in [-0.15, -0.1) is 0 Å². The Balaban J connectivity index is 2.15. The highest BCUT2D eigenvalue weighted by Gasteiger charge is 2.23. The van der Waals surface area contributed by atoms with Crippen molar-refractivity contribution < 1.29 is 0 Å². The molecule has 0 fully saturated rings. The lowest BCUT2D eigenvalue weighted by Gasteiger charge is -2.10. The molecule has 0 saturated carbocycles. The summed E-state index contributed by atoms with van der Waals surface area (Å²) >= 11 is 7.93. The number of nitrogens with one attached hydrogen (secondary N) is 1. The number of benzene rings is 1. The number of aryl methyl sites for hydroxylation is 1. The molecule has 0 aliphatic carbocycles. The van der Waals surface area contributed by atoms with Crippen molar-refractivity contribution in [3.05, 3.63) is 40.0 Å². The van der Waals surface area contributed by atoms with Crippen LogP contribution in [0.1, 0.15) is 16.8 Å². The van der Waals surface area contributed by atoms with E-state index < -0.39 is 0 Å². The molecule has 1 aromatic heterocycles. The van der Waals surface area contributed by atoms with Crippen molar-refractivity contribution >= 4 is 29.2 Å². The fourth-order valence-corrected chi connectivity index (χ4v) is 3.16. The predicted octanol–water partition coefficient (Wildman–Crippen LogP) is 3.67. The fourth-order valence-electron chi connectivity index (χ4n) is 2.48. The van der Waals surface area contributed by atoms with E-state index in [9.17, 15) is 0 Å². The molecule has 1 aliphatic rings. The first-order valence-corrected chi connectivity index (χ1v) is 8.08. The third kappa shape index (κ3) is 2.23. The van der Waals surface area contributed by atoms with Gasteiger partial charge in [0.1, 0.15) is 5.82 Å². The van der Waals surface area contributed by atoms with Crippen molar-refractivity contribution in [2.75, 3.05) is 18.1 Å². The molecule has 3 nitrogen and oxygen atoms in total. The number of hydrogen-bond acceptors (Lipinski definition) is 3. The first kappa shape index (κ1) is 12.9. The monoisotopic (exact) mass is 293 g/mol. The SMILES string of the molecule is CSCc1nn(-c2cc(Cl)ccc2C)c2c1CCN2. The summed E-state index contributed by atoms with van der Waals surface area (Å²) in [6.45, 7) is 3.08. The Hall–Kier alpha value is -1.13. The van der Waals surface area contributed by atoms with Gasteiger partial charge in [-0.25, -0.2) is 4.68 Å². The van der Waals surface area contributed by atoms with Gasteiger partial charge < -0.3 is 5.32 Å². The first-order valence-electron chi connectivity index (χ1n) is 6.31. The van der Waals surface area contributed by atoms with Gasteiger partial charge in [-0.05, 0) is 37.3 Å². The van der Waals surface area contributed by atoms with E-state index in [1.165, 1.54) is 16.8 Å². The van der Waals surface area contributed by atoms with Crippen LogP contribution in [0.3, 0.4) is 0 Å². The van der Waals surface area contributed by atoms with E-state index in [1.807, 2.05) is 22.9 Å². The summed E-state index contributed by atoms with van der Waals surface area (Å²) in [6.07, 6.45) is 3.17. The van der Waals surface area contributed by atoms with Gasteiger partial charge in [0, 0.05) is 22.9 Å². The number of aromatic nitrogens is 2. The maximum atomic E-state index is 6.12. The second kappa shape index (κ2) is 5.10. The molecule has 1 aliphatic heterocycles. The van der Waals surface area contributed by atoms with Gasteiger partial charge in [0.05, 0.1) is 11.4 Å². The summed E-state index contributed by atoms with van der Waals surface area (Å²) in [7, 11) is 0. The van der Waals surface area contributed by atoms with Crippen LogP contribution in [-0.2, 0) is 12.2 Å². The van der Waals surface area contributed by atoms with E-state index in [4.69, 9.17) is 16.7 Å². The smallest absolute Gasteiger partial charge is 0.133 e. The molecule has 0 radical (unpaired) electrons. The van der Waals surface area contributed by atoms with Gasteiger partial charge in [0.25, 0.3) is 0 Å². The molecule has 3 rings (SSSR count). The molecular formula is C14H16ClN3S. The van der Waals surface area contributed by atoms with Crippen LogP contribution in [0, 0.1) is 6.92 Å². The van der Waals surface area contributed by atoms with Crippen molar-refractivity contribution in [1.82, 2.24) is 9.78 Å². The summed E-state index contributed by atoms with van der Waals surface area (Å²) in [5.41, 5.74) is 4.78. The minimum atomic E-state index is 0.745. The maximum absolute atomic E-state index is 6.12. The van der Waals surface area contributed by atoms with E-state index >= 15 is 0 Å². The average molecular weight is 294 g/mol. The zero-order chi connectivity index (χ0) is 13.4. The molecule has 2 heterocycles. The second-order valence-corrected chi connectivity index (χ2v) is 6.03. The summed E-state index contributed by atoms with van der Waals surface area (Å²) in [4.78, 5) is 0. The molecule has 0 amide bonds. The van der Waals surface area contributed by atoms with Gasteiger partial charge >= 0.3 is 0 Å². The van der Waals surface area contributed by atoms with E-state index in [2.05, 4.69) is 18.5 Å². The maximum Gasteiger partial charge on any atom is 0.133 e. The van der Waals surface area contributed by atoms with Crippen molar-refractivity contribution in [3.8, 4) is 5.69 Å². The van der Waals surface area contributed by atoms with Crippen LogP contribution in [0.4, 0.5) is 5.82 Å². The number of nitrogens with zero attached hydrogens (tertiary/aromatic N) is 2. The molecule has 1 N–H and O–H groups in total. The lowest BCUT2D eigenvalue weighted by atomic mass is 10.2. The molecule has 19 heavy (non-hydrogen) atoms. The molecule has 2 aromatic rings. The topological polar surface area (TPSA) is 29.9 Å². The predicted molar refractivity (Wildman–Crippen MR) is 82.7 cm³/mol. The van der Waals surface area contributed by atoms with Gasteiger partial charge in [0.2, 0.25) is 0 Å². The van der Waals surface area contributed by atoms with E-state index in [0.29, 0.717) is 0 Å². The minimum absolute atomic E-state index is 0.745. The van der Waals surface area contributed by atoms with Crippen LogP contribution in [0.5, 0.6) is 0 Å². The standard InChI is InChI=1S/C14H16ClN3S/c1-9-3-4-10(15)7-13(9)18-14-11(5-6-16-14)12(17-18)8-19-2/h3-4,7,16H,5-6,8H2,1-2H3. The van der Waals surface area contributed by atoms with Crippen molar-refractivity contribution in [1.29, 1.82) is 0 Å². The Morgan fingerprint density at radius 2 is 2.32 bits per heavy atom. The zero-order valence-electron chi connectivity index (χ0n) is 11.0. The molecular weight excluding hydrogens is 278 g/mol. The molecule has 100 valence electrons. The van der Waals surface area contributed by atoms with Crippen LogP contribution in [-0.4, -0.2) is 22.6 Å². The lowest BCUT2D eigenvalue weighted by molar-refractivity contribution is 0.847. The first-order chi connectivity index (χ1) is 9.20. The summed E-state index contributed by atoms with van der Waals surface area (Å²) in [5, 5.41) is 8.95. The molecule has 0 saturated heterocycles. The van der Waals surface area contributed by atoms with Gasteiger partial charge in [0.15, 0.2) is 0 Å². The largest absolute Gasteiger partial charge is 0.369 e. The number of anilines is 1. The summed E-state index contributed by atoms with van der Waals surface area (Å²) in [6, 6.07) is 5.93. The van der Waals surface area contributed by atoms with Crippen LogP contribution < -0.4 is 5.32 Å². The fraction of sp³-hybridized carbons (Fsp3) is 0.357. The van der Waals surface area contributed by atoms with Gasteiger partial charge in [-0.1, -0.05) is 17.7 Å². The summed E-state index contributed by atoms with van der Waals surface area (Å²) in [5.74, 6) is 2.09. The van der Waals surface area contributed by atoms with Crippen molar-refractivity contribution in [2.24, 2.45) is 0 Å². The highest BCUT2D eigenvalue weighted by molar-refractivity contribution is 7.97. The van der Waals surface area contributed by atoms with Crippen LogP contribution in [0.2, 0.25) is 5.02 Å². The Bertz CT molecular complexity index is 621. The Morgan fingerprint density at radius 3 is 3.11 bits per heavy atom. The Morgan fingerprint density at radius 1 is 1.47 bits per heavy atom. The van der Waals surface area contributed by atoms with Crippen LogP contribution in [0.15, 0.2) is 18.2 Å².